The molecule has 0 saturated carbocycles. The Balaban J connectivity index is 2.32. The van der Waals surface area contributed by atoms with Crippen LogP contribution in [-0.2, 0) is 22.6 Å². The van der Waals surface area contributed by atoms with Crippen LogP contribution in [0.5, 0.6) is 0 Å². The number of hydrogen-bond acceptors (Lipinski definition) is 2. The van der Waals surface area contributed by atoms with Crippen LogP contribution in [0, 0.1) is 0 Å². The first-order valence-electron chi connectivity index (χ1n) is 10.0. The quantitative estimate of drug-likeness (QED) is 0.496. The number of amides is 2. The molecule has 2 aromatic carbocycles. The Morgan fingerprint density at radius 3 is 2.30 bits per heavy atom. The van der Waals surface area contributed by atoms with Crippen molar-refractivity contribution in [1.29, 1.82) is 0 Å². The van der Waals surface area contributed by atoms with E-state index in [9.17, 15) is 9.59 Å². The van der Waals surface area contributed by atoms with E-state index in [0.29, 0.717) is 21.5 Å². The molecule has 2 rings (SSSR count). The van der Waals surface area contributed by atoms with Gasteiger partial charge in [0, 0.05) is 17.6 Å². The lowest BCUT2D eigenvalue weighted by Gasteiger charge is -2.31. The fourth-order valence-corrected chi connectivity index (χ4v) is 3.65. The highest BCUT2D eigenvalue weighted by Gasteiger charge is 2.29. The molecule has 0 unspecified atom stereocenters. The topological polar surface area (TPSA) is 49.4 Å². The van der Waals surface area contributed by atoms with Gasteiger partial charge in [0.05, 0.1) is 16.5 Å². The van der Waals surface area contributed by atoms with Crippen molar-refractivity contribution < 1.29 is 9.59 Å². The number of halogens is 3. The van der Waals surface area contributed by atoms with E-state index in [2.05, 4.69) is 5.32 Å². The van der Waals surface area contributed by atoms with Gasteiger partial charge in [-0.1, -0.05) is 66.8 Å². The van der Waals surface area contributed by atoms with E-state index in [-0.39, 0.29) is 30.8 Å². The molecule has 0 aliphatic heterocycles. The monoisotopic (exact) mass is 468 g/mol. The summed E-state index contributed by atoms with van der Waals surface area (Å²) in [6.07, 6.45) is 1.45. The molecular weight excluding hydrogens is 443 g/mol. The first-order chi connectivity index (χ1) is 14.2. The fraction of sp³-hybridized carbons (Fsp3) is 0.391. The zero-order valence-electron chi connectivity index (χ0n) is 17.4. The van der Waals surface area contributed by atoms with Crippen LogP contribution in [0.4, 0.5) is 0 Å². The highest BCUT2D eigenvalue weighted by atomic mass is 35.5. The van der Waals surface area contributed by atoms with Crippen LogP contribution in [-0.4, -0.2) is 28.8 Å². The Morgan fingerprint density at radius 2 is 1.70 bits per heavy atom. The summed E-state index contributed by atoms with van der Waals surface area (Å²) in [5.41, 5.74) is 1.60. The third-order valence-corrected chi connectivity index (χ3v) is 5.94. The van der Waals surface area contributed by atoms with Gasteiger partial charge < -0.3 is 10.2 Å². The van der Waals surface area contributed by atoms with Gasteiger partial charge >= 0.3 is 0 Å². The third kappa shape index (κ3) is 6.90. The second-order valence-corrected chi connectivity index (χ2v) is 8.57. The Kier molecular flexibility index (Phi) is 9.47. The van der Waals surface area contributed by atoms with Crippen LogP contribution in [0.25, 0.3) is 0 Å². The predicted molar refractivity (Wildman–Crippen MR) is 124 cm³/mol. The average Bonchev–Trinajstić information content (AvgIpc) is 2.70. The molecule has 4 nitrogen and oxygen atoms in total. The second kappa shape index (κ2) is 11.6. The lowest BCUT2D eigenvalue weighted by Crippen LogP contribution is -2.51. The van der Waals surface area contributed by atoms with E-state index in [4.69, 9.17) is 34.8 Å². The minimum Gasteiger partial charge on any atom is -0.352 e. The van der Waals surface area contributed by atoms with Crippen LogP contribution < -0.4 is 5.32 Å². The van der Waals surface area contributed by atoms with Crippen LogP contribution in [0.3, 0.4) is 0 Å². The van der Waals surface area contributed by atoms with Crippen LogP contribution >= 0.6 is 34.8 Å². The number of carbonyl (C=O) groups excluding carboxylic acids is 2. The van der Waals surface area contributed by atoms with Gasteiger partial charge in [-0.15, -0.1) is 0 Å². The molecule has 0 fully saturated rings. The Hall–Kier alpha value is -1.75. The van der Waals surface area contributed by atoms with E-state index in [1.807, 2.05) is 32.9 Å². The van der Waals surface area contributed by atoms with Crippen molar-refractivity contribution in [2.24, 2.45) is 0 Å². The largest absolute Gasteiger partial charge is 0.352 e. The van der Waals surface area contributed by atoms with Crippen molar-refractivity contribution in [3.63, 3.8) is 0 Å². The van der Waals surface area contributed by atoms with Gasteiger partial charge in [-0.25, -0.2) is 0 Å². The number of carbonyl (C=O) groups is 2. The molecule has 30 heavy (non-hydrogen) atoms. The number of nitrogens with one attached hydrogen (secondary N) is 1. The number of hydrogen-bond donors (Lipinski definition) is 1. The third-order valence-electron chi connectivity index (χ3n) is 4.97. The second-order valence-electron chi connectivity index (χ2n) is 7.32. The van der Waals surface area contributed by atoms with Crippen molar-refractivity contribution in [3.05, 3.63) is 68.7 Å². The van der Waals surface area contributed by atoms with Gasteiger partial charge in [-0.2, -0.15) is 0 Å². The normalized spacial score (nSPS) is 12.9. The molecule has 0 aromatic heterocycles. The molecule has 0 saturated heterocycles. The molecule has 0 radical (unpaired) electrons. The van der Waals surface area contributed by atoms with E-state index in [1.54, 1.807) is 35.2 Å². The first kappa shape index (κ1) is 24.5. The summed E-state index contributed by atoms with van der Waals surface area (Å²) in [7, 11) is 0. The molecule has 2 amide bonds. The average molecular weight is 470 g/mol. The van der Waals surface area contributed by atoms with Gasteiger partial charge in [0.15, 0.2) is 0 Å². The molecule has 1 N–H and O–H groups in total. The number of benzene rings is 2. The molecule has 2 atom stereocenters. The summed E-state index contributed by atoms with van der Waals surface area (Å²) in [6, 6.07) is 11.8. The van der Waals surface area contributed by atoms with Gasteiger partial charge in [-0.05, 0) is 55.2 Å². The summed E-state index contributed by atoms with van der Waals surface area (Å²) >= 11 is 18.3. The molecular formula is C23H27Cl3N2O2. The van der Waals surface area contributed by atoms with E-state index < -0.39 is 6.04 Å². The van der Waals surface area contributed by atoms with Crippen molar-refractivity contribution in [2.75, 3.05) is 0 Å². The molecule has 0 spiro atoms. The van der Waals surface area contributed by atoms with Crippen LogP contribution in [0.15, 0.2) is 42.5 Å². The van der Waals surface area contributed by atoms with Gasteiger partial charge in [0.25, 0.3) is 0 Å². The minimum absolute atomic E-state index is 0.0291. The molecule has 162 valence electrons. The fourth-order valence-electron chi connectivity index (χ4n) is 3.12. The summed E-state index contributed by atoms with van der Waals surface area (Å²) < 4.78 is 0. The lowest BCUT2D eigenvalue weighted by atomic mass is 10.1. The Morgan fingerprint density at radius 1 is 0.967 bits per heavy atom. The van der Waals surface area contributed by atoms with Crippen molar-refractivity contribution in [2.45, 2.75) is 58.7 Å². The maximum Gasteiger partial charge on any atom is 0.243 e. The van der Waals surface area contributed by atoms with Gasteiger partial charge in [0.2, 0.25) is 11.8 Å². The van der Waals surface area contributed by atoms with Crippen molar-refractivity contribution in [1.82, 2.24) is 10.2 Å². The van der Waals surface area contributed by atoms with Crippen LogP contribution in [0.1, 0.15) is 44.7 Å². The standard InChI is InChI=1S/C23H27Cl3N2O2/c1-4-15(3)27-23(30)21(5-2)28(14-17-9-10-19(25)20(26)12-17)22(29)13-16-7-6-8-18(24)11-16/h6-12,15,21H,4-5,13-14H2,1-3H3,(H,27,30)/t15-,21-/m1/s1. The van der Waals surface area contributed by atoms with Crippen molar-refractivity contribution in [3.8, 4) is 0 Å². The zero-order chi connectivity index (χ0) is 22.3. The zero-order valence-corrected chi connectivity index (χ0v) is 19.7. The molecule has 0 aliphatic carbocycles. The molecule has 0 heterocycles. The van der Waals surface area contributed by atoms with E-state index in [0.717, 1.165) is 17.5 Å². The number of nitrogens with zero attached hydrogens (tertiary/aromatic N) is 1. The summed E-state index contributed by atoms with van der Waals surface area (Å²) in [5.74, 6) is -0.319. The molecule has 0 aliphatic rings. The molecule has 2 aromatic rings. The highest BCUT2D eigenvalue weighted by Crippen LogP contribution is 2.24. The minimum atomic E-state index is -0.597. The first-order valence-corrected chi connectivity index (χ1v) is 11.2. The molecule has 0 bridgehead atoms. The summed E-state index contributed by atoms with van der Waals surface area (Å²) in [4.78, 5) is 27.8. The SMILES string of the molecule is CC[C@@H](C)NC(=O)[C@@H](CC)N(Cc1ccc(Cl)c(Cl)c1)C(=O)Cc1cccc(Cl)c1. The van der Waals surface area contributed by atoms with E-state index in [1.165, 1.54) is 0 Å². The maximum atomic E-state index is 13.3. The molecule has 7 heteroatoms. The number of rotatable bonds is 9. The van der Waals surface area contributed by atoms with E-state index >= 15 is 0 Å². The highest BCUT2D eigenvalue weighted by molar-refractivity contribution is 6.42. The summed E-state index contributed by atoms with van der Waals surface area (Å²) in [5, 5.41) is 4.42. The Bertz CT molecular complexity index is 889. The smallest absolute Gasteiger partial charge is 0.243 e. The summed E-state index contributed by atoms with van der Waals surface area (Å²) in [6.45, 7) is 6.10. The van der Waals surface area contributed by atoms with Crippen molar-refractivity contribution >= 4 is 46.6 Å². The van der Waals surface area contributed by atoms with Gasteiger partial charge in [-0.3, -0.25) is 9.59 Å². The Labute approximate surface area is 193 Å². The lowest BCUT2D eigenvalue weighted by molar-refractivity contribution is -0.141. The maximum absolute atomic E-state index is 13.3. The predicted octanol–water partition coefficient (Wildman–Crippen LogP) is 5.91. The van der Waals surface area contributed by atoms with Gasteiger partial charge in [0.1, 0.15) is 6.04 Å². The van der Waals surface area contributed by atoms with Crippen LogP contribution in [0.2, 0.25) is 15.1 Å².